The molecule has 3 unspecified atom stereocenters. The molecule has 3 atom stereocenters. The van der Waals surface area contributed by atoms with Gasteiger partial charge in [-0.25, -0.2) is 0 Å². The Morgan fingerprint density at radius 1 is 1.14 bits per heavy atom. The predicted molar refractivity (Wildman–Crippen MR) is 90.5 cm³/mol. The van der Waals surface area contributed by atoms with Gasteiger partial charge in [-0.2, -0.15) is 0 Å². The van der Waals surface area contributed by atoms with E-state index in [1.165, 1.54) is 84.0 Å². The van der Waals surface area contributed by atoms with Crippen LogP contribution in [0, 0.1) is 17.3 Å². The second-order valence-corrected chi connectivity index (χ2v) is 8.51. The van der Waals surface area contributed by atoms with Crippen LogP contribution in [0.4, 0.5) is 0 Å². The van der Waals surface area contributed by atoms with E-state index in [1.807, 2.05) is 0 Å². The van der Waals surface area contributed by atoms with Gasteiger partial charge in [0.1, 0.15) is 0 Å². The zero-order valence-corrected chi connectivity index (χ0v) is 14.4. The van der Waals surface area contributed by atoms with Gasteiger partial charge < -0.3 is 10.2 Å². The Labute approximate surface area is 132 Å². The third kappa shape index (κ3) is 4.45. The second-order valence-electron chi connectivity index (χ2n) is 8.51. The van der Waals surface area contributed by atoms with Crippen LogP contribution in [0.2, 0.25) is 0 Å². The topological polar surface area (TPSA) is 15.3 Å². The molecular weight excluding hydrogens is 256 g/mol. The first-order chi connectivity index (χ1) is 10.2. The first kappa shape index (κ1) is 15.8. The molecule has 1 saturated heterocycles. The highest BCUT2D eigenvalue weighted by molar-refractivity contribution is 4.93. The summed E-state index contributed by atoms with van der Waals surface area (Å²) in [6, 6.07) is 0.865. The number of piperidine rings is 1. The van der Waals surface area contributed by atoms with E-state index in [9.17, 15) is 0 Å². The summed E-state index contributed by atoms with van der Waals surface area (Å²) in [5.41, 5.74) is 0.579. The highest BCUT2D eigenvalue weighted by atomic mass is 15.1. The number of nitrogens with zero attached hydrogens (tertiary/aromatic N) is 1. The van der Waals surface area contributed by atoms with Crippen molar-refractivity contribution in [2.24, 2.45) is 17.3 Å². The maximum Gasteiger partial charge on any atom is 0.00684 e. The van der Waals surface area contributed by atoms with Gasteiger partial charge in [0.25, 0.3) is 0 Å². The minimum absolute atomic E-state index is 0.579. The maximum atomic E-state index is 3.88. The fourth-order valence-electron chi connectivity index (χ4n) is 4.88. The summed E-state index contributed by atoms with van der Waals surface area (Å²) < 4.78 is 0. The number of nitrogens with one attached hydrogen (secondary N) is 1. The molecule has 0 aromatic carbocycles. The Bertz CT molecular complexity index is 326. The van der Waals surface area contributed by atoms with Crippen molar-refractivity contribution in [3.63, 3.8) is 0 Å². The molecule has 0 bridgehead atoms. The van der Waals surface area contributed by atoms with Gasteiger partial charge in [0.15, 0.2) is 0 Å². The van der Waals surface area contributed by atoms with Crippen LogP contribution in [-0.4, -0.2) is 37.1 Å². The fourth-order valence-corrected chi connectivity index (χ4v) is 4.88. The van der Waals surface area contributed by atoms with Gasteiger partial charge in [-0.1, -0.05) is 33.1 Å². The number of likely N-dealkylation sites (tertiary alicyclic amines) is 1. The van der Waals surface area contributed by atoms with Crippen LogP contribution in [0.15, 0.2) is 0 Å². The molecule has 0 radical (unpaired) electrons. The van der Waals surface area contributed by atoms with E-state index in [0.717, 1.165) is 17.9 Å². The van der Waals surface area contributed by atoms with Crippen molar-refractivity contribution in [1.82, 2.24) is 10.2 Å². The Morgan fingerprint density at radius 2 is 2.00 bits per heavy atom. The van der Waals surface area contributed by atoms with Gasteiger partial charge in [-0.3, -0.25) is 0 Å². The summed E-state index contributed by atoms with van der Waals surface area (Å²) in [4.78, 5) is 2.82. The molecule has 122 valence electrons. The maximum absolute atomic E-state index is 3.88. The van der Waals surface area contributed by atoms with E-state index in [4.69, 9.17) is 0 Å². The second kappa shape index (κ2) is 7.00. The lowest BCUT2D eigenvalue weighted by atomic mass is 9.69. The largest absolute Gasteiger partial charge is 0.313 e. The molecular formula is C19H36N2. The van der Waals surface area contributed by atoms with Crippen molar-refractivity contribution in [1.29, 1.82) is 0 Å². The normalized spacial score (nSPS) is 38.6. The third-order valence-electron chi connectivity index (χ3n) is 6.27. The predicted octanol–water partition coefficient (Wildman–Crippen LogP) is 4.06. The van der Waals surface area contributed by atoms with Gasteiger partial charge in [-0.05, 0) is 62.3 Å². The van der Waals surface area contributed by atoms with Crippen molar-refractivity contribution in [3.05, 3.63) is 0 Å². The number of hydrogen-bond donors (Lipinski definition) is 1. The van der Waals surface area contributed by atoms with Crippen LogP contribution in [0.3, 0.4) is 0 Å². The Kier molecular flexibility index (Phi) is 5.27. The number of rotatable bonds is 6. The zero-order chi connectivity index (χ0) is 14.7. The highest BCUT2D eigenvalue weighted by Gasteiger charge is 2.38. The van der Waals surface area contributed by atoms with Crippen molar-refractivity contribution in [2.75, 3.05) is 26.2 Å². The van der Waals surface area contributed by atoms with Crippen LogP contribution in [0.5, 0.6) is 0 Å². The van der Waals surface area contributed by atoms with Crippen molar-refractivity contribution >= 4 is 0 Å². The SMILES string of the molecule is CCC1CCCN(CC2(CNC3CC3)CCCC(C)C2)C1. The number of hydrogen-bond acceptors (Lipinski definition) is 2. The van der Waals surface area contributed by atoms with Crippen LogP contribution in [-0.2, 0) is 0 Å². The molecule has 3 fully saturated rings. The van der Waals surface area contributed by atoms with Gasteiger partial charge in [0.05, 0.1) is 0 Å². The van der Waals surface area contributed by atoms with E-state index in [1.54, 1.807) is 0 Å². The Hall–Kier alpha value is -0.0800. The molecule has 2 saturated carbocycles. The first-order valence-corrected chi connectivity index (χ1v) is 9.65. The average molecular weight is 293 g/mol. The average Bonchev–Trinajstić information content (AvgIpc) is 3.30. The van der Waals surface area contributed by atoms with E-state index in [0.29, 0.717) is 5.41 Å². The minimum Gasteiger partial charge on any atom is -0.313 e. The minimum atomic E-state index is 0.579. The molecule has 2 nitrogen and oxygen atoms in total. The summed E-state index contributed by atoms with van der Waals surface area (Å²) in [6.07, 6.45) is 13.0. The van der Waals surface area contributed by atoms with Gasteiger partial charge in [0.2, 0.25) is 0 Å². The molecule has 0 spiro atoms. The van der Waals surface area contributed by atoms with Gasteiger partial charge >= 0.3 is 0 Å². The van der Waals surface area contributed by atoms with Gasteiger partial charge in [-0.15, -0.1) is 0 Å². The summed E-state index contributed by atoms with van der Waals surface area (Å²) in [5.74, 6) is 1.90. The lowest BCUT2D eigenvalue weighted by Crippen LogP contribution is -2.49. The quantitative estimate of drug-likeness (QED) is 0.794. The van der Waals surface area contributed by atoms with E-state index < -0.39 is 0 Å². The molecule has 21 heavy (non-hydrogen) atoms. The molecule has 1 aliphatic heterocycles. The van der Waals surface area contributed by atoms with Gasteiger partial charge in [0, 0.05) is 25.7 Å². The van der Waals surface area contributed by atoms with Crippen molar-refractivity contribution in [2.45, 2.75) is 77.7 Å². The zero-order valence-electron chi connectivity index (χ0n) is 14.4. The molecule has 0 amide bonds. The Morgan fingerprint density at radius 3 is 2.71 bits per heavy atom. The molecule has 2 heteroatoms. The smallest absolute Gasteiger partial charge is 0.00684 e. The summed E-state index contributed by atoms with van der Waals surface area (Å²) in [6.45, 7) is 10.2. The Balaban J connectivity index is 1.60. The molecule has 0 aromatic rings. The highest BCUT2D eigenvalue weighted by Crippen LogP contribution is 2.41. The molecule has 1 heterocycles. The summed E-state index contributed by atoms with van der Waals surface area (Å²) >= 11 is 0. The van der Waals surface area contributed by atoms with Crippen molar-refractivity contribution in [3.8, 4) is 0 Å². The van der Waals surface area contributed by atoms with E-state index in [-0.39, 0.29) is 0 Å². The molecule has 3 aliphatic rings. The molecule has 1 N–H and O–H groups in total. The molecule has 0 aromatic heterocycles. The lowest BCUT2D eigenvalue weighted by Gasteiger charge is -2.45. The standard InChI is InChI=1S/C19H36N2/c1-3-17-7-5-11-21(13-17)15-19(14-20-18-8-9-18)10-4-6-16(2)12-19/h16-18,20H,3-15H2,1-2H3. The summed E-state index contributed by atoms with van der Waals surface area (Å²) in [7, 11) is 0. The van der Waals surface area contributed by atoms with E-state index >= 15 is 0 Å². The lowest BCUT2D eigenvalue weighted by molar-refractivity contribution is 0.0560. The monoisotopic (exact) mass is 292 g/mol. The summed E-state index contributed by atoms with van der Waals surface area (Å²) in [5, 5.41) is 3.88. The van der Waals surface area contributed by atoms with Crippen LogP contribution >= 0.6 is 0 Å². The fraction of sp³-hybridized carbons (Fsp3) is 1.00. The third-order valence-corrected chi connectivity index (χ3v) is 6.27. The first-order valence-electron chi connectivity index (χ1n) is 9.65. The van der Waals surface area contributed by atoms with Crippen LogP contribution < -0.4 is 5.32 Å². The van der Waals surface area contributed by atoms with Crippen LogP contribution in [0.1, 0.15) is 71.6 Å². The molecule has 2 aliphatic carbocycles. The molecule has 3 rings (SSSR count). The van der Waals surface area contributed by atoms with E-state index in [2.05, 4.69) is 24.1 Å². The van der Waals surface area contributed by atoms with Crippen molar-refractivity contribution < 1.29 is 0 Å². The van der Waals surface area contributed by atoms with Crippen LogP contribution in [0.25, 0.3) is 0 Å².